The molecule has 0 aromatic carbocycles. The number of carbonyl (C=O) groups excluding carboxylic acids is 3. The van der Waals surface area contributed by atoms with Crippen LogP contribution in [-0.4, -0.2) is 54.5 Å². The van der Waals surface area contributed by atoms with Gasteiger partial charge in [-0.3, -0.25) is 9.59 Å². The van der Waals surface area contributed by atoms with E-state index in [1.165, 1.54) is 0 Å². The van der Waals surface area contributed by atoms with Gasteiger partial charge in [-0.2, -0.15) is 5.48 Å². The molecule has 1 amide bonds. The van der Waals surface area contributed by atoms with Gasteiger partial charge < -0.3 is 9.57 Å². The van der Waals surface area contributed by atoms with Gasteiger partial charge in [-0.05, 0) is 6.08 Å². The van der Waals surface area contributed by atoms with Crippen LogP contribution in [0.2, 0.25) is 0 Å². The fraction of sp³-hybridized carbons (Fsp3) is 0.286. The van der Waals surface area contributed by atoms with Gasteiger partial charge in [-0.15, -0.1) is 0 Å². The second kappa shape index (κ2) is 8.74. The van der Waals surface area contributed by atoms with Crippen LogP contribution >= 0.6 is 0 Å². The Bertz CT molecular complexity index is 240. The molecule has 0 aromatic rings. The zero-order chi connectivity index (χ0) is 10.3. The SMILES string of the molecule is C=CC(=O)NOC(=O)CC(=O)OC.[NaH]. The van der Waals surface area contributed by atoms with Crippen LogP contribution in [0.15, 0.2) is 12.7 Å². The summed E-state index contributed by atoms with van der Waals surface area (Å²) in [5.74, 6) is -2.31. The zero-order valence-corrected chi connectivity index (χ0v) is 7.03. The number of hydrogen-bond donors (Lipinski definition) is 1. The van der Waals surface area contributed by atoms with Gasteiger partial charge in [-0.1, -0.05) is 6.58 Å². The summed E-state index contributed by atoms with van der Waals surface area (Å²) in [6.07, 6.45) is 0.374. The minimum atomic E-state index is -0.901. The van der Waals surface area contributed by atoms with Gasteiger partial charge in [0, 0.05) is 0 Å². The van der Waals surface area contributed by atoms with Crippen molar-refractivity contribution in [3.63, 3.8) is 0 Å². The fourth-order valence-electron chi connectivity index (χ4n) is 0.375. The summed E-state index contributed by atoms with van der Waals surface area (Å²) in [7, 11) is 1.14. The molecule has 74 valence electrons. The number of hydroxylamine groups is 1. The number of hydrogen-bond acceptors (Lipinski definition) is 5. The van der Waals surface area contributed by atoms with Crippen LogP contribution in [0.1, 0.15) is 6.42 Å². The molecule has 0 bridgehead atoms. The third-order valence-electron chi connectivity index (χ3n) is 0.967. The van der Waals surface area contributed by atoms with Crippen molar-refractivity contribution in [2.24, 2.45) is 0 Å². The second-order valence-corrected chi connectivity index (χ2v) is 1.90. The Kier molecular flexibility index (Phi) is 9.74. The minimum absolute atomic E-state index is 0. The van der Waals surface area contributed by atoms with Crippen LogP contribution in [0.25, 0.3) is 0 Å². The first-order valence-electron chi connectivity index (χ1n) is 3.29. The molecule has 0 unspecified atom stereocenters. The summed E-state index contributed by atoms with van der Waals surface area (Å²) in [5, 5.41) is 0. The number of esters is 1. The summed E-state index contributed by atoms with van der Waals surface area (Å²) >= 11 is 0. The fourth-order valence-corrected chi connectivity index (χ4v) is 0.375. The van der Waals surface area contributed by atoms with E-state index in [1.54, 1.807) is 5.48 Å². The van der Waals surface area contributed by atoms with Gasteiger partial charge in [0.15, 0.2) is 0 Å². The van der Waals surface area contributed by atoms with Crippen molar-refractivity contribution >= 4 is 47.4 Å². The van der Waals surface area contributed by atoms with E-state index in [-0.39, 0.29) is 29.6 Å². The molecule has 6 nitrogen and oxygen atoms in total. The first-order valence-corrected chi connectivity index (χ1v) is 3.29. The van der Waals surface area contributed by atoms with Crippen LogP contribution in [0.4, 0.5) is 0 Å². The molecule has 0 aliphatic rings. The molecule has 0 heterocycles. The molecular weight excluding hydrogens is 201 g/mol. The van der Waals surface area contributed by atoms with Gasteiger partial charge >= 0.3 is 41.5 Å². The molecule has 0 fully saturated rings. The Balaban J connectivity index is 0. The normalized spacial score (nSPS) is 7.79. The van der Waals surface area contributed by atoms with Crippen LogP contribution < -0.4 is 5.48 Å². The number of ether oxygens (including phenoxy) is 1. The number of methoxy groups -OCH3 is 1. The van der Waals surface area contributed by atoms with Crippen LogP contribution in [0, 0.1) is 0 Å². The maximum absolute atomic E-state index is 10.7. The van der Waals surface area contributed by atoms with E-state index >= 15 is 0 Å². The summed E-state index contributed by atoms with van der Waals surface area (Å²) in [5.41, 5.74) is 1.75. The predicted molar refractivity (Wildman–Crippen MR) is 48.2 cm³/mol. The molecule has 0 radical (unpaired) electrons. The van der Waals surface area contributed by atoms with Crippen molar-refractivity contribution in [1.29, 1.82) is 0 Å². The summed E-state index contributed by atoms with van der Waals surface area (Å²) in [6.45, 7) is 3.12. The number of amides is 1. The van der Waals surface area contributed by atoms with E-state index in [1.807, 2.05) is 0 Å². The van der Waals surface area contributed by atoms with Crippen molar-refractivity contribution < 1.29 is 24.0 Å². The topological polar surface area (TPSA) is 81.7 Å². The van der Waals surface area contributed by atoms with Gasteiger partial charge in [0.05, 0.1) is 7.11 Å². The molecule has 14 heavy (non-hydrogen) atoms. The molecule has 0 rings (SSSR count). The van der Waals surface area contributed by atoms with Crippen molar-refractivity contribution in [1.82, 2.24) is 5.48 Å². The monoisotopic (exact) mass is 211 g/mol. The number of rotatable bonds is 3. The molecule has 0 atom stereocenters. The molecule has 1 N–H and O–H groups in total. The van der Waals surface area contributed by atoms with E-state index in [9.17, 15) is 14.4 Å². The molecule has 0 spiro atoms. The maximum atomic E-state index is 10.7. The van der Waals surface area contributed by atoms with Crippen molar-refractivity contribution in [2.75, 3.05) is 7.11 Å². The number of carbonyl (C=O) groups is 3. The van der Waals surface area contributed by atoms with Gasteiger partial charge in [0.2, 0.25) is 0 Å². The van der Waals surface area contributed by atoms with E-state index in [0.29, 0.717) is 0 Å². The molecular formula is C7H10NNaO5. The average molecular weight is 211 g/mol. The van der Waals surface area contributed by atoms with E-state index in [4.69, 9.17) is 0 Å². The molecule has 0 aliphatic heterocycles. The first kappa shape index (κ1) is 15.6. The van der Waals surface area contributed by atoms with Gasteiger partial charge in [0.1, 0.15) is 6.42 Å². The Morgan fingerprint density at radius 1 is 1.36 bits per heavy atom. The Hall–Kier alpha value is -0.850. The first-order chi connectivity index (χ1) is 6.10. The summed E-state index contributed by atoms with van der Waals surface area (Å²) in [4.78, 5) is 35.7. The van der Waals surface area contributed by atoms with Gasteiger partial charge in [0.25, 0.3) is 5.91 Å². The Labute approximate surface area is 103 Å². The predicted octanol–water partition coefficient (Wildman–Crippen LogP) is -1.34. The molecule has 0 aliphatic carbocycles. The third-order valence-corrected chi connectivity index (χ3v) is 0.967. The second-order valence-electron chi connectivity index (χ2n) is 1.90. The average Bonchev–Trinajstić information content (AvgIpc) is 2.13. The number of nitrogens with one attached hydrogen (secondary N) is 1. The van der Waals surface area contributed by atoms with Crippen LogP contribution in [0.3, 0.4) is 0 Å². The molecule has 0 saturated heterocycles. The summed E-state index contributed by atoms with van der Waals surface area (Å²) < 4.78 is 4.18. The summed E-state index contributed by atoms with van der Waals surface area (Å²) in [6, 6.07) is 0. The Morgan fingerprint density at radius 2 is 1.93 bits per heavy atom. The van der Waals surface area contributed by atoms with Crippen molar-refractivity contribution in [3.05, 3.63) is 12.7 Å². The molecule has 0 saturated carbocycles. The van der Waals surface area contributed by atoms with Gasteiger partial charge in [-0.25, -0.2) is 4.79 Å². The van der Waals surface area contributed by atoms with Crippen LogP contribution in [0.5, 0.6) is 0 Å². The third kappa shape index (κ3) is 7.78. The van der Waals surface area contributed by atoms with Crippen molar-refractivity contribution in [3.8, 4) is 0 Å². The van der Waals surface area contributed by atoms with Crippen LogP contribution in [-0.2, 0) is 24.0 Å². The standard InChI is InChI=1S/C7H9NO5.Na.H/c1-3-5(9)8-13-7(11)4-6(10)12-2;;/h3H,1,4H2,2H3,(H,8,9);;. The molecule has 0 aromatic heterocycles. The Morgan fingerprint density at radius 3 is 2.36 bits per heavy atom. The van der Waals surface area contributed by atoms with E-state index in [0.717, 1.165) is 13.2 Å². The van der Waals surface area contributed by atoms with Crippen molar-refractivity contribution in [2.45, 2.75) is 6.42 Å². The van der Waals surface area contributed by atoms with E-state index in [2.05, 4.69) is 16.2 Å². The zero-order valence-electron chi connectivity index (χ0n) is 7.03. The quantitative estimate of drug-likeness (QED) is 0.205. The molecule has 7 heteroatoms. The van der Waals surface area contributed by atoms with E-state index < -0.39 is 24.3 Å².